The van der Waals surface area contributed by atoms with Crippen LogP contribution in [0.25, 0.3) is 0 Å². The first kappa shape index (κ1) is 9.41. The molecule has 0 heterocycles. The molecule has 0 radical (unpaired) electrons. The fourth-order valence-corrected chi connectivity index (χ4v) is 2.94. The van der Waals surface area contributed by atoms with E-state index in [4.69, 9.17) is 0 Å². The Hall–Kier alpha value is 0.320. The van der Waals surface area contributed by atoms with Crippen LogP contribution >= 0.6 is 8.07 Å². The van der Waals surface area contributed by atoms with Crippen LogP contribution in [0, 0.1) is 5.92 Å². The van der Waals surface area contributed by atoms with Crippen LogP contribution in [0.5, 0.6) is 0 Å². The SMILES string of the molecule is CNP(C)C[C@@H]1CCCC1F. The van der Waals surface area contributed by atoms with Crippen LogP contribution < -0.4 is 5.09 Å². The topological polar surface area (TPSA) is 12.0 Å². The highest BCUT2D eigenvalue weighted by Crippen LogP contribution is 2.37. The van der Waals surface area contributed by atoms with Gasteiger partial charge in [0, 0.05) is 0 Å². The molecule has 1 saturated carbocycles. The van der Waals surface area contributed by atoms with Gasteiger partial charge in [-0.25, -0.2) is 4.39 Å². The van der Waals surface area contributed by atoms with Gasteiger partial charge in [-0.2, -0.15) is 0 Å². The van der Waals surface area contributed by atoms with Gasteiger partial charge in [0.05, 0.1) is 0 Å². The fraction of sp³-hybridized carbons (Fsp3) is 1.00. The predicted octanol–water partition coefficient (Wildman–Crippen LogP) is 2.37. The van der Waals surface area contributed by atoms with Crippen LogP contribution in [0.1, 0.15) is 19.3 Å². The summed E-state index contributed by atoms with van der Waals surface area (Å²) >= 11 is 0. The first-order chi connectivity index (χ1) is 5.24. The van der Waals surface area contributed by atoms with Crippen molar-refractivity contribution in [1.29, 1.82) is 0 Å². The third-order valence-corrected chi connectivity index (χ3v) is 4.24. The Balaban J connectivity index is 2.24. The van der Waals surface area contributed by atoms with Crippen molar-refractivity contribution < 1.29 is 4.39 Å². The largest absolute Gasteiger partial charge is 0.299 e. The number of hydrogen-bond donors (Lipinski definition) is 1. The number of halogens is 1. The molecule has 0 bridgehead atoms. The van der Waals surface area contributed by atoms with Crippen molar-refractivity contribution in [3.8, 4) is 0 Å². The number of hydrogen-bond acceptors (Lipinski definition) is 1. The van der Waals surface area contributed by atoms with Gasteiger partial charge in [0.15, 0.2) is 0 Å². The van der Waals surface area contributed by atoms with E-state index in [0.717, 1.165) is 25.4 Å². The zero-order valence-electron chi connectivity index (χ0n) is 7.31. The molecule has 1 aliphatic rings. The Morgan fingerprint density at radius 1 is 1.55 bits per heavy atom. The maximum atomic E-state index is 13.1. The van der Waals surface area contributed by atoms with Gasteiger partial charge in [0.1, 0.15) is 6.17 Å². The summed E-state index contributed by atoms with van der Waals surface area (Å²) in [5.41, 5.74) is 0. The molecule has 1 aliphatic carbocycles. The van der Waals surface area contributed by atoms with Crippen molar-refractivity contribution in [2.45, 2.75) is 25.4 Å². The Kier molecular flexibility index (Phi) is 3.74. The van der Waals surface area contributed by atoms with E-state index in [1.165, 1.54) is 0 Å². The van der Waals surface area contributed by atoms with Gasteiger partial charge in [0.2, 0.25) is 0 Å². The van der Waals surface area contributed by atoms with Crippen molar-refractivity contribution in [2.24, 2.45) is 5.92 Å². The minimum absolute atomic E-state index is 0.106. The van der Waals surface area contributed by atoms with Crippen molar-refractivity contribution >= 4 is 8.07 Å². The molecule has 0 aromatic heterocycles. The molecular formula is C8H17FNP. The Morgan fingerprint density at radius 2 is 2.27 bits per heavy atom. The van der Waals surface area contributed by atoms with E-state index in [1.54, 1.807) is 0 Å². The summed E-state index contributed by atoms with van der Waals surface area (Å²) in [5.74, 6) is 0.360. The lowest BCUT2D eigenvalue weighted by molar-refractivity contribution is 0.280. The molecule has 1 nitrogen and oxygen atoms in total. The molecule has 1 fully saturated rings. The smallest absolute Gasteiger partial charge is 0.103 e. The second kappa shape index (κ2) is 4.37. The molecule has 0 aromatic carbocycles. The van der Waals surface area contributed by atoms with Crippen LogP contribution in [0.2, 0.25) is 0 Å². The molecule has 0 aromatic rings. The second-order valence-electron chi connectivity index (χ2n) is 3.31. The fourth-order valence-electron chi connectivity index (χ4n) is 1.64. The molecule has 11 heavy (non-hydrogen) atoms. The summed E-state index contributed by atoms with van der Waals surface area (Å²) in [6, 6.07) is 0. The van der Waals surface area contributed by atoms with Crippen LogP contribution in [-0.4, -0.2) is 26.0 Å². The summed E-state index contributed by atoms with van der Waals surface area (Å²) in [7, 11) is 1.86. The van der Waals surface area contributed by atoms with Gasteiger partial charge in [-0.3, -0.25) is 5.09 Å². The van der Waals surface area contributed by atoms with Crippen LogP contribution in [0.15, 0.2) is 0 Å². The summed E-state index contributed by atoms with van der Waals surface area (Å²) < 4.78 is 13.1. The van der Waals surface area contributed by atoms with Crippen molar-refractivity contribution in [1.82, 2.24) is 5.09 Å². The highest BCUT2D eigenvalue weighted by molar-refractivity contribution is 7.54. The van der Waals surface area contributed by atoms with E-state index in [1.807, 2.05) is 7.05 Å². The van der Waals surface area contributed by atoms with Gasteiger partial charge in [-0.15, -0.1) is 0 Å². The molecule has 66 valence electrons. The highest BCUT2D eigenvalue weighted by atomic mass is 31.1. The summed E-state index contributed by atoms with van der Waals surface area (Å²) in [5, 5.41) is 3.21. The number of nitrogens with one attached hydrogen (secondary N) is 1. The highest BCUT2D eigenvalue weighted by Gasteiger charge is 2.27. The maximum absolute atomic E-state index is 13.1. The van der Waals surface area contributed by atoms with E-state index in [9.17, 15) is 4.39 Å². The average molecular weight is 177 g/mol. The second-order valence-corrected chi connectivity index (χ2v) is 5.52. The average Bonchev–Trinajstić information content (AvgIpc) is 2.37. The minimum Gasteiger partial charge on any atom is -0.299 e. The van der Waals surface area contributed by atoms with Gasteiger partial charge >= 0.3 is 0 Å². The monoisotopic (exact) mass is 177 g/mol. The lowest BCUT2D eigenvalue weighted by Crippen LogP contribution is -2.15. The summed E-state index contributed by atoms with van der Waals surface area (Å²) in [6.07, 6.45) is 3.56. The van der Waals surface area contributed by atoms with Gasteiger partial charge in [-0.1, -0.05) is 6.42 Å². The Labute approximate surface area is 69.6 Å². The van der Waals surface area contributed by atoms with E-state index < -0.39 is 6.17 Å². The third kappa shape index (κ3) is 2.68. The molecule has 0 saturated heterocycles. The quantitative estimate of drug-likeness (QED) is 0.652. The molecular weight excluding hydrogens is 160 g/mol. The molecule has 3 heteroatoms. The summed E-state index contributed by atoms with van der Waals surface area (Å²) in [4.78, 5) is 0. The summed E-state index contributed by atoms with van der Waals surface area (Å²) in [6.45, 7) is 2.18. The van der Waals surface area contributed by atoms with E-state index in [0.29, 0.717) is 5.92 Å². The lowest BCUT2D eigenvalue weighted by Gasteiger charge is -2.17. The molecule has 1 rings (SSSR count). The zero-order valence-corrected chi connectivity index (χ0v) is 8.20. The van der Waals surface area contributed by atoms with E-state index >= 15 is 0 Å². The van der Waals surface area contributed by atoms with Crippen LogP contribution in [-0.2, 0) is 0 Å². The molecule has 0 spiro atoms. The van der Waals surface area contributed by atoms with Gasteiger partial charge < -0.3 is 0 Å². The number of rotatable bonds is 3. The molecule has 3 atom stereocenters. The number of alkyl halides is 1. The Bertz CT molecular complexity index is 121. The minimum atomic E-state index is -0.506. The van der Waals surface area contributed by atoms with Crippen molar-refractivity contribution in [3.05, 3.63) is 0 Å². The first-order valence-electron chi connectivity index (χ1n) is 4.26. The standard InChI is InChI=1S/C8H17FNP/c1-10-11(2)6-7-4-3-5-8(7)9/h7-8,10H,3-6H2,1-2H3/t7-,8?,11?/m0/s1. The first-order valence-corrected chi connectivity index (χ1v) is 6.24. The van der Waals surface area contributed by atoms with Crippen molar-refractivity contribution in [3.63, 3.8) is 0 Å². The molecule has 2 unspecified atom stereocenters. The molecule has 0 aliphatic heterocycles. The van der Waals surface area contributed by atoms with Crippen LogP contribution in [0.3, 0.4) is 0 Å². The Morgan fingerprint density at radius 3 is 2.73 bits per heavy atom. The van der Waals surface area contributed by atoms with Crippen molar-refractivity contribution in [2.75, 3.05) is 19.9 Å². The van der Waals surface area contributed by atoms with E-state index in [2.05, 4.69) is 11.8 Å². The van der Waals surface area contributed by atoms with Gasteiger partial charge in [-0.05, 0) is 46.7 Å². The predicted molar refractivity (Wildman–Crippen MR) is 49.0 cm³/mol. The van der Waals surface area contributed by atoms with E-state index in [-0.39, 0.29) is 8.07 Å². The molecule has 0 amide bonds. The normalized spacial score (nSPS) is 34.1. The molecule has 1 N–H and O–H groups in total. The van der Waals surface area contributed by atoms with Crippen LogP contribution in [0.4, 0.5) is 4.39 Å². The zero-order chi connectivity index (χ0) is 8.27. The van der Waals surface area contributed by atoms with Gasteiger partial charge in [0.25, 0.3) is 0 Å². The third-order valence-electron chi connectivity index (χ3n) is 2.46. The lowest BCUT2D eigenvalue weighted by atomic mass is 10.1. The maximum Gasteiger partial charge on any atom is 0.103 e.